The molecule has 0 atom stereocenters. The molecule has 0 unspecified atom stereocenters. The van der Waals surface area contributed by atoms with Crippen LogP contribution in [0.25, 0.3) is 11.0 Å². The van der Waals surface area contributed by atoms with Gasteiger partial charge in [0.15, 0.2) is 11.3 Å². The van der Waals surface area contributed by atoms with Crippen LogP contribution in [0.2, 0.25) is 0 Å². The molecule has 112 valence electrons. The second kappa shape index (κ2) is 5.18. The summed E-state index contributed by atoms with van der Waals surface area (Å²) in [5, 5.41) is 6.02. The first-order valence-electron chi connectivity index (χ1n) is 6.27. The van der Waals surface area contributed by atoms with E-state index < -0.39 is 23.4 Å². The molecule has 0 saturated heterocycles. The molecule has 0 spiro atoms. The number of fused-ring (bicyclic) bond motifs is 1. The maximum atomic E-state index is 13.7. The summed E-state index contributed by atoms with van der Waals surface area (Å²) in [4.78, 5) is 12.1. The van der Waals surface area contributed by atoms with Crippen molar-refractivity contribution in [3.8, 4) is 0 Å². The molecule has 0 fully saturated rings. The van der Waals surface area contributed by atoms with Gasteiger partial charge in [-0.2, -0.15) is 0 Å². The first-order chi connectivity index (χ1) is 10.5. The molecular formula is C15H9F3N2O2. The van der Waals surface area contributed by atoms with Crippen LogP contribution in [-0.4, -0.2) is 11.1 Å². The largest absolute Gasteiger partial charge is 0.355 e. The molecule has 3 rings (SSSR count). The maximum Gasteiger partial charge on any atom is 0.278 e. The third-order valence-corrected chi connectivity index (χ3v) is 3.15. The molecule has 0 aliphatic carbocycles. The Morgan fingerprint density at radius 3 is 2.68 bits per heavy atom. The lowest BCUT2D eigenvalue weighted by molar-refractivity contribution is 0.101. The molecule has 3 aromatic rings. The van der Waals surface area contributed by atoms with Crippen molar-refractivity contribution < 1.29 is 22.5 Å². The van der Waals surface area contributed by atoms with E-state index in [9.17, 15) is 18.0 Å². The lowest BCUT2D eigenvalue weighted by Gasteiger charge is -2.06. The van der Waals surface area contributed by atoms with Gasteiger partial charge in [-0.05, 0) is 30.7 Å². The zero-order chi connectivity index (χ0) is 15.9. The van der Waals surface area contributed by atoms with Crippen LogP contribution >= 0.6 is 0 Å². The van der Waals surface area contributed by atoms with Gasteiger partial charge in [-0.3, -0.25) is 4.79 Å². The summed E-state index contributed by atoms with van der Waals surface area (Å²) < 4.78 is 45.1. The highest BCUT2D eigenvalue weighted by molar-refractivity contribution is 6.10. The molecule has 0 bridgehead atoms. The smallest absolute Gasteiger partial charge is 0.278 e. The molecule has 0 saturated carbocycles. The number of nitrogens with zero attached hydrogens (tertiary/aromatic N) is 1. The summed E-state index contributed by atoms with van der Waals surface area (Å²) in [5.74, 6) is -2.75. The highest BCUT2D eigenvalue weighted by atomic mass is 19.1. The van der Waals surface area contributed by atoms with Crippen LogP contribution in [-0.2, 0) is 0 Å². The number of aryl methyl sites for hydroxylation is 1. The summed E-state index contributed by atoms with van der Waals surface area (Å²) in [7, 11) is 0. The number of hydrogen-bond donors (Lipinski definition) is 1. The van der Waals surface area contributed by atoms with Gasteiger partial charge in [-0.15, -0.1) is 0 Å². The molecule has 1 amide bonds. The number of benzene rings is 2. The fraction of sp³-hybridized carbons (Fsp3) is 0.0667. The standard InChI is InChI=1S/C15H9F3N2O2/c1-7-4-11(18)12(6-10(7)17)19-15(21)14-9-3-2-8(16)5-13(9)22-20-14/h2-6H,1H3,(H,19,21). The molecule has 2 aromatic carbocycles. The average molecular weight is 306 g/mol. The predicted octanol–water partition coefficient (Wildman–Crippen LogP) is 3.81. The van der Waals surface area contributed by atoms with Gasteiger partial charge in [0.1, 0.15) is 17.5 Å². The van der Waals surface area contributed by atoms with E-state index in [4.69, 9.17) is 4.52 Å². The Morgan fingerprint density at radius 2 is 1.91 bits per heavy atom. The van der Waals surface area contributed by atoms with Crippen LogP contribution in [0.4, 0.5) is 18.9 Å². The minimum Gasteiger partial charge on any atom is -0.355 e. The van der Waals surface area contributed by atoms with Crippen molar-refractivity contribution >= 4 is 22.6 Å². The van der Waals surface area contributed by atoms with E-state index in [0.717, 1.165) is 24.3 Å². The number of halogens is 3. The third-order valence-electron chi connectivity index (χ3n) is 3.15. The Labute approximate surface area is 122 Å². The van der Waals surface area contributed by atoms with E-state index in [0.29, 0.717) is 0 Å². The van der Waals surface area contributed by atoms with Crippen LogP contribution < -0.4 is 5.32 Å². The molecule has 0 aliphatic rings. The summed E-state index contributed by atoms with van der Waals surface area (Å²) >= 11 is 0. The highest BCUT2D eigenvalue weighted by Gasteiger charge is 2.18. The van der Waals surface area contributed by atoms with Crippen molar-refractivity contribution in [3.05, 3.63) is 59.0 Å². The van der Waals surface area contributed by atoms with E-state index in [-0.39, 0.29) is 27.9 Å². The SMILES string of the molecule is Cc1cc(F)c(NC(=O)c2noc3cc(F)ccc23)cc1F. The lowest BCUT2D eigenvalue weighted by atomic mass is 10.2. The molecular weight excluding hydrogens is 297 g/mol. The summed E-state index contributed by atoms with van der Waals surface area (Å²) in [6.45, 7) is 1.41. The van der Waals surface area contributed by atoms with Crippen LogP contribution in [0.1, 0.15) is 16.1 Å². The monoisotopic (exact) mass is 306 g/mol. The Morgan fingerprint density at radius 1 is 1.14 bits per heavy atom. The Kier molecular flexibility index (Phi) is 3.32. The second-order valence-electron chi connectivity index (χ2n) is 4.71. The van der Waals surface area contributed by atoms with E-state index in [1.807, 2.05) is 0 Å². The lowest BCUT2D eigenvalue weighted by Crippen LogP contribution is -2.14. The number of rotatable bonds is 2. The Hall–Kier alpha value is -2.83. The van der Waals surface area contributed by atoms with Crippen molar-refractivity contribution in [3.63, 3.8) is 0 Å². The van der Waals surface area contributed by atoms with Crippen LogP contribution in [0.5, 0.6) is 0 Å². The van der Waals surface area contributed by atoms with Crippen LogP contribution in [0.15, 0.2) is 34.9 Å². The van der Waals surface area contributed by atoms with E-state index >= 15 is 0 Å². The minimum atomic E-state index is -0.785. The van der Waals surface area contributed by atoms with Gasteiger partial charge < -0.3 is 9.84 Å². The molecule has 22 heavy (non-hydrogen) atoms. The van der Waals surface area contributed by atoms with E-state index in [1.165, 1.54) is 13.0 Å². The van der Waals surface area contributed by atoms with Crippen molar-refractivity contribution in [2.75, 3.05) is 5.32 Å². The van der Waals surface area contributed by atoms with Gasteiger partial charge in [0.05, 0.1) is 11.1 Å². The van der Waals surface area contributed by atoms with Crippen molar-refractivity contribution in [2.24, 2.45) is 0 Å². The van der Waals surface area contributed by atoms with Gasteiger partial charge in [0.25, 0.3) is 5.91 Å². The molecule has 0 aliphatic heterocycles. The van der Waals surface area contributed by atoms with Crippen molar-refractivity contribution in [1.29, 1.82) is 0 Å². The Balaban J connectivity index is 1.95. The summed E-state index contributed by atoms with van der Waals surface area (Å²) in [6, 6.07) is 5.39. The molecule has 7 heteroatoms. The number of amides is 1. The number of aromatic nitrogens is 1. The van der Waals surface area contributed by atoms with Gasteiger partial charge in [0.2, 0.25) is 0 Å². The van der Waals surface area contributed by atoms with Crippen molar-refractivity contribution in [1.82, 2.24) is 5.16 Å². The second-order valence-corrected chi connectivity index (χ2v) is 4.71. The summed E-state index contributed by atoms with van der Waals surface area (Å²) in [5.41, 5.74) is -0.250. The van der Waals surface area contributed by atoms with Crippen LogP contribution in [0, 0.1) is 24.4 Å². The van der Waals surface area contributed by atoms with Gasteiger partial charge >= 0.3 is 0 Å². The number of anilines is 1. The summed E-state index contributed by atoms with van der Waals surface area (Å²) in [6.07, 6.45) is 0. The van der Waals surface area contributed by atoms with Crippen LogP contribution in [0.3, 0.4) is 0 Å². The molecule has 1 N–H and O–H groups in total. The number of carbonyl (C=O) groups is 1. The topological polar surface area (TPSA) is 55.1 Å². The fourth-order valence-electron chi connectivity index (χ4n) is 2.00. The number of nitrogens with one attached hydrogen (secondary N) is 1. The average Bonchev–Trinajstić information content (AvgIpc) is 2.87. The van der Waals surface area contributed by atoms with E-state index in [2.05, 4.69) is 10.5 Å². The first kappa shape index (κ1) is 14.1. The number of carbonyl (C=O) groups excluding carboxylic acids is 1. The molecule has 1 aromatic heterocycles. The first-order valence-corrected chi connectivity index (χ1v) is 6.27. The zero-order valence-electron chi connectivity index (χ0n) is 11.3. The Bertz CT molecular complexity index is 890. The van der Waals surface area contributed by atoms with Gasteiger partial charge in [0, 0.05) is 12.1 Å². The maximum absolute atomic E-state index is 13.7. The molecule has 0 radical (unpaired) electrons. The fourth-order valence-corrected chi connectivity index (χ4v) is 2.00. The zero-order valence-corrected chi connectivity index (χ0v) is 11.3. The van der Waals surface area contributed by atoms with Gasteiger partial charge in [-0.25, -0.2) is 13.2 Å². The minimum absolute atomic E-state index is 0.0840. The normalized spacial score (nSPS) is 10.9. The van der Waals surface area contributed by atoms with Crippen molar-refractivity contribution in [2.45, 2.75) is 6.92 Å². The van der Waals surface area contributed by atoms with E-state index in [1.54, 1.807) is 0 Å². The molecule has 1 heterocycles. The highest BCUT2D eigenvalue weighted by Crippen LogP contribution is 2.23. The quantitative estimate of drug-likeness (QED) is 0.783. The predicted molar refractivity (Wildman–Crippen MR) is 73.0 cm³/mol. The number of hydrogen-bond acceptors (Lipinski definition) is 3. The third kappa shape index (κ3) is 2.41. The molecule has 4 nitrogen and oxygen atoms in total. The van der Waals surface area contributed by atoms with Gasteiger partial charge in [-0.1, -0.05) is 5.16 Å².